The van der Waals surface area contributed by atoms with Gasteiger partial charge in [-0.2, -0.15) is 0 Å². The Morgan fingerprint density at radius 3 is 2.48 bits per heavy atom. The van der Waals surface area contributed by atoms with Crippen LogP contribution in [0.3, 0.4) is 0 Å². The largest absolute Gasteiger partial charge is 0.494 e. The molecule has 1 saturated carbocycles. The Morgan fingerprint density at radius 1 is 1.29 bits per heavy atom. The number of hydrogen-bond acceptors (Lipinski definition) is 3. The zero-order chi connectivity index (χ0) is 15.0. The summed E-state index contributed by atoms with van der Waals surface area (Å²) in [5.41, 5.74) is 8.33. The van der Waals surface area contributed by atoms with Crippen molar-refractivity contribution in [2.45, 2.75) is 45.6 Å². The monoisotopic (exact) mass is 285 g/mol. The Bertz CT molecular complexity index is 624. The Morgan fingerprint density at radius 2 is 1.95 bits per heavy atom. The molecular weight excluding hydrogens is 262 g/mol. The van der Waals surface area contributed by atoms with Crippen LogP contribution in [0.25, 0.3) is 11.3 Å². The number of anilines is 1. The standard InChI is InChI=1S/C17H23N3O/c1-4-21-14-9-5-12(6-10-14)15-16(18)20(13-7-8-13)17(19-15)11(2)3/h5-6,9-11,13H,4,7-8,18H2,1-3H3. The maximum Gasteiger partial charge on any atom is 0.132 e. The van der Waals surface area contributed by atoms with E-state index in [4.69, 9.17) is 15.5 Å². The van der Waals surface area contributed by atoms with Crippen LogP contribution < -0.4 is 10.5 Å². The number of rotatable bonds is 5. The number of nitrogens with two attached hydrogens (primary N) is 1. The third kappa shape index (κ3) is 2.62. The summed E-state index contributed by atoms with van der Waals surface area (Å²) in [6, 6.07) is 8.56. The fourth-order valence-electron chi connectivity index (χ4n) is 2.68. The highest BCUT2D eigenvalue weighted by Crippen LogP contribution is 2.42. The first kappa shape index (κ1) is 14.0. The second-order valence-corrected chi connectivity index (χ2v) is 5.92. The highest BCUT2D eigenvalue weighted by Gasteiger charge is 2.30. The topological polar surface area (TPSA) is 53.1 Å². The van der Waals surface area contributed by atoms with Crippen LogP contribution in [-0.4, -0.2) is 16.2 Å². The Kier molecular flexibility index (Phi) is 3.62. The number of hydrogen-bond donors (Lipinski definition) is 1. The molecule has 0 aliphatic heterocycles. The van der Waals surface area contributed by atoms with Gasteiger partial charge in [0, 0.05) is 17.5 Å². The highest BCUT2D eigenvalue weighted by molar-refractivity contribution is 5.71. The predicted octanol–water partition coefficient (Wildman–Crippen LogP) is 3.99. The lowest BCUT2D eigenvalue weighted by Gasteiger charge is -2.10. The molecule has 4 heteroatoms. The van der Waals surface area contributed by atoms with Gasteiger partial charge in [0.15, 0.2) is 0 Å². The number of aromatic nitrogens is 2. The second-order valence-electron chi connectivity index (χ2n) is 5.92. The zero-order valence-corrected chi connectivity index (χ0v) is 13.0. The zero-order valence-electron chi connectivity index (χ0n) is 13.0. The van der Waals surface area contributed by atoms with Gasteiger partial charge in [-0.1, -0.05) is 13.8 Å². The third-order valence-corrected chi connectivity index (χ3v) is 3.84. The lowest BCUT2D eigenvalue weighted by Crippen LogP contribution is -2.06. The van der Waals surface area contributed by atoms with Crippen molar-refractivity contribution in [1.29, 1.82) is 0 Å². The van der Waals surface area contributed by atoms with E-state index in [1.807, 2.05) is 31.2 Å². The average Bonchev–Trinajstić information content (AvgIpc) is 3.23. The molecule has 112 valence electrons. The van der Waals surface area contributed by atoms with E-state index >= 15 is 0 Å². The normalized spacial score (nSPS) is 14.7. The SMILES string of the molecule is CCOc1ccc(-c2nc(C(C)C)n(C3CC3)c2N)cc1. The van der Waals surface area contributed by atoms with Crippen molar-refractivity contribution in [1.82, 2.24) is 9.55 Å². The van der Waals surface area contributed by atoms with Crippen molar-refractivity contribution < 1.29 is 4.74 Å². The van der Waals surface area contributed by atoms with Crippen molar-refractivity contribution in [3.8, 4) is 17.0 Å². The molecule has 1 aromatic carbocycles. The number of nitrogens with zero attached hydrogens (tertiary/aromatic N) is 2. The molecule has 0 unspecified atom stereocenters. The van der Waals surface area contributed by atoms with Crippen molar-refractivity contribution in [3.63, 3.8) is 0 Å². The quantitative estimate of drug-likeness (QED) is 0.903. The lowest BCUT2D eigenvalue weighted by atomic mass is 10.1. The smallest absolute Gasteiger partial charge is 0.132 e. The van der Waals surface area contributed by atoms with E-state index in [9.17, 15) is 0 Å². The number of ether oxygens (including phenoxy) is 1. The molecule has 1 aromatic heterocycles. The predicted molar refractivity (Wildman–Crippen MR) is 85.6 cm³/mol. The summed E-state index contributed by atoms with van der Waals surface area (Å²) in [5.74, 6) is 3.15. The van der Waals surface area contributed by atoms with E-state index in [-0.39, 0.29) is 0 Å². The van der Waals surface area contributed by atoms with Crippen LogP contribution in [0.15, 0.2) is 24.3 Å². The minimum Gasteiger partial charge on any atom is -0.494 e. The van der Waals surface area contributed by atoms with Crippen LogP contribution in [0.5, 0.6) is 5.75 Å². The summed E-state index contributed by atoms with van der Waals surface area (Å²) < 4.78 is 7.72. The van der Waals surface area contributed by atoms with E-state index in [1.165, 1.54) is 12.8 Å². The summed E-state index contributed by atoms with van der Waals surface area (Å²) in [4.78, 5) is 4.81. The molecule has 21 heavy (non-hydrogen) atoms. The van der Waals surface area contributed by atoms with Crippen LogP contribution in [0, 0.1) is 0 Å². The first-order chi connectivity index (χ1) is 10.1. The molecular formula is C17H23N3O. The van der Waals surface area contributed by atoms with Crippen LogP contribution in [0.2, 0.25) is 0 Å². The molecule has 2 aromatic rings. The molecule has 3 rings (SSSR count). The Balaban J connectivity index is 2.00. The van der Waals surface area contributed by atoms with Crippen LogP contribution >= 0.6 is 0 Å². The van der Waals surface area contributed by atoms with Crippen molar-refractivity contribution in [2.75, 3.05) is 12.3 Å². The number of nitrogen functional groups attached to an aromatic ring is 1. The van der Waals surface area contributed by atoms with Gasteiger partial charge in [0.2, 0.25) is 0 Å². The summed E-state index contributed by atoms with van der Waals surface area (Å²) in [7, 11) is 0. The minimum atomic E-state index is 0.379. The van der Waals surface area contributed by atoms with Gasteiger partial charge in [-0.05, 0) is 44.0 Å². The number of benzene rings is 1. The van der Waals surface area contributed by atoms with Crippen molar-refractivity contribution in [2.24, 2.45) is 0 Å². The maximum atomic E-state index is 6.38. The van der Waals surface area contributed by atoms with Crippen LogP contribution in [0.1, 0.15) is 51.4 Å². The van der Waals surface area contributed by atoms with E-state index < -0.39 is 0 Å². The molecule has 0 radical (unpaired) electrons. The van der Waals surface area contributed by atoms with Gasteiger partial charge in [0.25, 0.3) is 0 Å². The van der Waals surface area contributed by atoms with Crippen LogP contribution in [-0.2, 0) is 0 Å². The second kappa shape index (κ2) is 5.43. The number of imidazole rings is 1. The molecule has 0 spiro atoms. The summed E-state index contributed by atoms with van der Waals surface area (Å²) in [5, 5.41) is 0. The summed E-state index contributed by atoms with van der Waals surface area (Å²) >= 11 is 0. The summed E-state index contributed by atoms with van der Waals surface area (Å²) in [6.45, 7) is 7.00. The molecule has 0 amide bonds. The molecule has 1 aliphatic rings. The molecule has 2 N–H and O–H groups in total. The first-order valence-corrected chi connectivity index (χ1v) is 7.72. The van der Waals surface area contributed by atoms with Gasteiger partial charge in [0.1, 0.15) is 23.1 Å². The molecule has 0 saturated heterocycles. The van der Waals surface area contributed by atoms with Crippen LogP contribution in [0.4, 0.5) is 5.82 Å². The lowest BCUT2D eigenvalue weighted by molar-refractivity contribution is 0.340. The van der Waals surface area contributed by atoms with E-state index in [2.05, 4.69) is 18.4 Å². The first-order valence-electron chi connectivity index (χ1n) is 7.72. The molecule has 1 heterocycles. The van der Waals surface area contributed by atoms with Gasteiger partial charge in [0.05, 0.1) is 6.61 Å². The van der Waals surface area contributed by atoms with E-state index in [0.717, 1.165) is 28.6 Å². The van der Waals surface area contributed by atoms with Gasteiger partial charge in [-0.15, -0.1) is 0 Å². The minimum absolute atomic E-state index is 0.379. The third-order valence-electron chi connectivity index (χ3n) is 3.84. The van der Waals surface area contributed by atoms with E-state index in [1.54, 1.807) is 0 Å². The van der Waals surface area contributed by atoms with Gasteiger partial charge >= 0.3 is 0 Å². The fourth-order valence-corrected chi connectivity index (χ4v) is 2.68. The Labute approximate surface area is 125 Å². The van der Waals surface area contributed by atoms with Crippen molar-refractivity contribution in [3.05, 3.63) is 30.1 Å². The average molecular weight is 285 g/mol. The highest BCUT2D eigenvalue weighted by atomic mass is 16.5. The van der Waals surface area contributed by atoms with Gasteiger partial charge in [-0.25, -0.2) is 4.98 Å². The van der Waals surface area contributed by atoms with E-state index in [0.29, 0.717) is 18.6 Å². The molecule has 0 bridgehead atoms. The molecule has 1 fully saturated rings. The molecule has 0 atom stereocenters. The maximum absolute atomic E-state index is 6.38. The Hall–Kier alpha value is -1.97. The van der Waals surface area contributed by atoms with Gasteiger partial charge in [-0.3, -0.25) is 0 Å². The molecule has 4 nitrogen and oxygen atoms in total. The fraction of sp³-hybridized carbons (Fsp3) is 0.471. The summed E-state index contributed by atoms with van der Waals surface area (Å²) in [6.07, 6.45) is 2.42. The van der Waals surface area contributed by atoms with Gasteiger partial charge < -0.3 is 15.0 Å². The van der Waals surface area contributed by atoms with Crippen molar-refractivity contribution >= 4 is 5.82 Å². The molecule has 1 aliphatic carbocycles.